The van der Waals surface area contributed by atoms with Crippen LogP contribution in [0.25, 0.3) is 5.57 Å². The summed E-state index contributed by atoms with van der Waals surface area (Å²) in [5.74, 6) is 0.315. The van der Waals surface area contributed by atoms with Gasteiger partial charge in [0.2, 0.25) is 0 Å². The lowest BCUT2D eigenvalue weighted by Gasteiger charge is -2.37. The Hall–Kier alpha value is -1.44. The molecule has 0 radical (unpaired) electrons. The Kier molecular flexibility index (Phi) is 2.45. The van der Waals surface area contributed by atoms with Crippen molar-refractivity contribution in [3.05, 3.63) is 29.3 Å². The van der Waals surface area contributed by atoms with Gasteiger partial charge in [0.25, 0.3) is 0 Å². The molecule has 2 nitrogen and oxygen atoms in total. The Morgan fingerprint density at radius 1 is 1.31 bits per heavy atom. The average Bonchev–Trinajstić information content (AvgIpc) is 2.15. The van der Waals surface area contributed by atoms with Gasteiger partial charge in [0, 0.05) is 17.3 Å². The minimum atomic E-state index is -0.0281. The standard InChI is InChI=1S/C14H19NO/c1-5-12-9(2)11-7-6-10(16)8-13(11)15-14(12,3)4/h6-8,15-16H,5H2,1-4H3. The van der Waals surface area contributed by atoms with E-state index in [9.17, 15) is 5.11 Å². The van der Waals surface area contributed by atoms with Crippen LogP contribution in [0.1, 0.15) is 39.7 Å². The van der Waals surface area contributed by atoms with Crippen LogP contribution in [-0.2, 0) is 0 Å². The second-order valence-electron chi connectivity index (χ2n) is 4.94. The van der Waals surface area contributed by atoms with Crippen LogP contribution >= 0.6 is 0 Å². The molecule has 0 atom stereocenters. The molecule has 1 aliphatic heterocycles. The lowest BCUT2D eigenvalue weighted by atomic mass is 9.81. The largest absolute Gasteiger partial charge is 0.508 e. The number of phenols is 1. The summed E-state index contributed by atoms with van der Waals surface area (Å²) in [4.78, 5) is 0. The zero-order chi connectivity index (χ0) is 11.9. The van der Waals surface area contributed by atoms with Gasteiger partial charge >= 0.3 is 0 Å². The third-order valence-electron chi connectivity index (χ3n) is 3.41. The molecule has 0 unspecified atom stereocenters. The van der Waals surface area contributed by atoms with Crippen molar-refractivity contribution in [3.8, 4) is 5.75 Å². The summed E-state index contributed by atoms with van der Waals surface area (Å²) >= 11 is 0. The molecule has 0 spiro atoms. The van der Waals surface area contributed by atoms with Crippen LogP contribution in [0.3, 0.4) is 0 Å². The van der Waals surface area contributed by atoms with Crippen LogP contribution in [0.15, 0.2) is 23.8 Å². The molecule has 1 aromatic rings. The van der Waals surface area contributed by atoms with Crippen molar-refractivity contribution >= 4 is 11.3 Å². The van der Waals surface area contributed by atoms with E-state index < -0.39 is 0 Å². The minimum Gasteiger partial charge on any atom is -0.508 e. The quantitative estimate of drug-likeness (QED) is 0.750. The SMILES string of the molecule is CCC1=C(C)c2ccc(O)cc2NC1(C)C. The highest BCUT2D eigenvalue weighted by Crippen LogP contribution is 2.40. The number of nitrogens with one attached hydrogen (secondary N) is 1. The summed E-state index contributed by atoms with van der Waals surface area (Å²) in [6.45, 7) is 8.72. The highest BCUT2D eigenvalue weighted by molar-refractivity contribution is 5.83. The van der Waals surface area contributed by atoms with E-state index in [4.69, 9.17) is 0 Å². The van der Waals surface area contributed by atoms with Crippen molar-refractivity contribution in [1.82, 2.24) is 0 Å². The van der Waals surface area contributed by atoms with Gasteiger partial charge in [-0.05, 0) is 50.5 Å². The first-order chi connectivity index (χ1) is 7.45. The van der Waals surface area contributed by atoms with Crippen LogP contribution in [0.2, 0.25) is 0 Å². The summed E-state index contributed by atoms with van der Waals surface area (Å²) in [6.07, 6.45) is 1.05. The van der Waals surface area contributed by atoms with Gasteiger partial charge in [0.15, 0.2) is 0 Å². The van der Waals surface area contributed by atoms with E-state index in [2.05, 4.69) is 33.0 Å². The Morgan fingerprint density at radius 2 is 2.00 bits per heavy atom. The number of phenolic OH excluding ortho intramolecular Hbond substituents is 1. The first-order valence-electron chi connectivity index (χ1n) is 5.77. The lowest BCUT2D eigenvalue weighted by molar-refractivity contribution is 0.475. The summed E-state index contributed by atoms with van der Waals surface area (Å²) in [5.41, 5.74) is 4.97. The van der Waals surface area contributed by atoms with Crippen LogP contribution in [-0.4, -0.2) is 10.6 Å². The van der Waals surface area contributed by atoms with Gasteiger partial charge in [-0.2, -0.15) is 0 Å². The topological polar surface area (TPSA) is 32.3 Å². The van der Waals surface area contributed by atoms with E-state index in [0.29, 0.717) is 5.75 Å². The summed E-state index contributed by atoms with van der Waals surface area (Å²) < 4.78 is 0. The second-order valence-corrected chi connectivity index (χ2v) is 4.94. The van der Waals surface area contributed by atoms with E-state index >= 15 is 0 Å². The number of aromatic hydroxyl groups is 1. The highest BCUT2D eigenvalue weighted by Gasteiger charge is 2.29. The molecule has 0 amide bonds. The molecule has 2 N–H and O–H groups in total. The minimum absolute atomic E-state index is 0.0281. The first kappa shape index (κ1) is 11.1. The number of fused-ring (bicyclic) bond motifs is 1. The zero-order valence-corrected chi connectivity index (χ0v) is 10.4. The van der Waals surface area contributed by atoms with Gasteiger partial charge in [-0.15, -0.1) is 0 Å². The summed E-state index contributed by atoms with van der Waals surface area (Å²) in [5, 5.41) is 13.0. The molecular formula is C14H19NO. The van der Waals surface area contributed by atoms with Crippen LogP contribution in [0, 0.1) is 0 Å². The Labute approximate surface area is 97.0 Å². The normalized spacial score (nSPS) is 18.0. The van der Waals surface area contributed by atoms with Crippen LogP contribution < -0.4 is 5.32 Å². The van der Waals surface area contributed by atoms with E-state index in [1.165, 1.54) is 16.7 Å². The smallest absolute Gasteiger partial charge is 0.117 e. The zero-order valence-electron chi connectivity index (χ0n) is 10.4. The van der Waals surface area contributed by atoms with E-state index in [-0.39, 0.29) is 5.54 Å². The maximum absolute atomic E-state index is 9.51. The maximum atomic E-state index is 9.51. The van der Waals surface area contributed by atoms with E-state index in [1.54, 1.807) is 12.1 Å². The van der Waals surface area contributed by atoms with Crippen LogP contribution in [0.5, 0.6) is 5.75 Å². The van der Waals surface area contributed by atoms with Crippen molar-refractivity contribution in [1.29, 1.82) is 0 Å². The predicted octanol–water partition coefficient (Wildman–Crippen LogP) is 3.78. The second kappa shape index (κ2) is 3.55. The van der Waals surface area contributed by atoms with E-state index in [0.717, 1.165) is 12.1 Å². The van der Waals surface area contributed by atoms with Gasteiger partial charge in [-0.3, -0.25) is 0 Å². The third-order valence-corrected chi connectivity index (χ3v) is 3.41. The molecule has 16 heavy (non-hydrogen) atoms. The van der Waals surface area contributed by atoms with Crippen molar-refractivity contribution in [2.75, 3.05) is 5.32 Å². The molecule has 0 saturated heterocycles. The maximum Gasteiger partial charge on any atom is 0.117 e. The number of allylic oxidation sites excluding steroid dienone is 1. The van der Waals surface area contributed by atoms with Crippen LogP contribution in [0.4, 0.5) is 5.69 Å². The van der Waals surface area contributed by atoms with Gasteiger partial charge in [-0.25, -0.2) is 0 Å². The Morgan fingerprint density at radius 3 is 2.62 bits per heavy atom. The molecule has 2 rings (SSSR count). The monoisotopic (exact) mass is 217 g/mol. The molecule has 1 aliphatic rings. The fraction of sp³-hybridized carbons (Fsp3) is 0.429. The summed E-state index contributed by atoms with van der Waals surface area (Å²) in [6, 6.07) is 5.53. The average molecular weight is 217 g/mol. The molecule has 2 heteroatoms. The molecule has 1 aromatic carbocycles. The van der Waals surface area contributed by atoms with Crippen molar-refractivity contribution in [2.24, 2.45) is 0 Å². The molecular weight excluding hydrogens is 198 g/mol. The van der Waals surface area contributed by atoms with Crippen molar-refractivity contribution in [2.45, 2.75) is 39.7 Å². The fourth-order valence-corrected chi connectivity index (χ4v) is 2.71. The predicted molar refractivity (Wildman–Crippen MR) is 68.7 cm³/mol. The first-order valence-corrected chi connectivity index (χ1v) is 5.77. The highest BCUT2D eigenvalue weighted by atomic mass is 16.3. The number of hydrogen-bond donors (Lipinski definition) is 2. The fourth-order valence-electron chi connectivity index (χ4n) is 2.71. The number of benzene rings is 1. The molecule has 0 aliphatic carbocycles. The third kappa shape index (κ3) is 1.58. The van der Waals surface area contributed by atoms with Gasteiger partial charge in [-0.1, -0.05) is 6.92 Å². The summed E-state index contributed by atoms with van der Waals surface area (Å²) in [7, 11) is 0. The lowest BCUT2D eigenvalue weighted by Crippen LogP contribution is -2.36. The van der Waals surface area contributed by atoms with Gasteiger partial charge < -0.3 is 10.4 Å². The van der Waals surface area contributed by atoms with E-state index in [1.807, 2.05) is 6.07 Å². The molecule has 1 heterocycles. The molecule has 0 fully saturated rings. The Balaban J connectivity index is 2.63. The molecule has 0 aromatic heterocycles. The van der Waals surface area contributed by atoms with Gasteiger partial charge in [0.1, 0.15) is 5.75 Å². The van der Waals surface area contributed by atoms with Crippen molar-refractivity contribution in [3.63, 3.8) is 0 Å². The molecule has 0 saturated carbocycles. The molecule has 86 valence electrons. The number of anilines is 1. The van der Waals surface area contributed by atoms with Crippen molar-refractivity contribution < 1.29 is 5.11 Å². The number of hydrogen-bond acceptors (Lipinski definition) is 2. The Bertz CT molecular complexity index is 458. The number of rotatable bonds is 1. The van der Waals surface area contributed by atoms with Gasteiger partial charge in [0.05, 0.1) is 5.54 Å². The molecule has 0 bridgehead atoms.